The molecule has 0 N–H and O–H groups in total. The zero-order chi connectivity index (χ0) is 22.9. The number of rotatable bonds is 6. The van der Waals surface area contributed by atoms with Crippen molar-refractivity contribution >= 4 is 34.5 Å². The number of halogens is 4. The number of ether oxygens (including phenoxy) is 1. The third-order valence-corrected chi connectivity index (χ3v) is 5.76. The van der Waals surface area contributed by atoms with Crippen LogP contribution in [0.5, 0.6) is 5.75 Å². The lowest BCUT2D eigenvalue weighted by Gasteiger charge is -2.12. The van der Waals surface area contributed by atoms with Crippen molar-refractivity contribution in [3.8, 4) is 11.4 Å². The molecule has 0 aliphatic carbocycles. The Morgan fingerprint density at radius 1 is 1.09 bits per heavy atom. The molecule has 32 heavy (non-hydrogen) atoms. The Morgan fingerprint density at radius 3 is 2.44 bits per heavy atom. The predicted molar refractivity (Wildman–Crippen MR) is 117 cm³/mol. The fourth-order valence-corrected chi connectivity index (χ4v) is 4.19. The molecule has 0 spiro atoms. The van der Waals surface area contributed by atoms with Gasteiger partial charge >= 0.3 is 6.36 Å². The van der Waals surface area contributed by atoms with Crippen molar-refractivity contribution < 1.29 is 17.9 Å². The summed E-state index contributed by atoms with van der Waals surface area (Å²) in [6.07, 6.45) is -2.64. The zero-order valence-corrected chi connectivity index (χ0v) is 18.2. The Bertz CT molecular complexity index is 1300. The second-order valence-electron chi connectivity index (χ2n) is 6.83. The molecular weight excluding hydrogens is 465 g/mol. The number of thioether (sulfide) groups is 1. The molecule has 0 unspecified atom stereocenters. The number of hydrogen-bond donors (Lipinski definition) is 0. The molecule has 0 aliphatic heterocycles. The van der Waals surface area contributed by atoms with Crippen molar-refractivity contribution in [2.24, 2.45) is 7.05 Å². The van der Waals surface area contributed by atoms with Gasteiger partial charge in [0.05, 0.1) is 12.0 Å². The number of aromatic nitrogens is 4. The summed E-state index contributed by atoms with van der Waals surface area (Å²) in [6, 6.07) is 12.5. The fourth-order valence-electron chi connectivity index (χ4n) is 3.07. The summed E-state index contributed by atoms with van der Waals surface area (Å²) in [5.41, 5.74) is 1.86. The largest absolute Gasteiger partial charge is 0.573 e. The summed E-state index contributed by atoms with van der Waals surface area (Å²) in [4.78, 5) is 21.9. The van der Waals surface area contributed by atoms with Crippen LogP contribution in [0.15, 0.2) is 64.8 Å². The molecule has 2 aromatic carbocycles. The van der Waals surface area contributed by atoms with Crippen molar-refractivity contribution in [2.75, 3.05) is 5.75 Å². The van der Waals surface area contributed by atoms with Gasteiger partial charge < -0.3 is 9.30 Å². The van der Waals surface area contributed by atoms with Crippen LogP contribution in [0.25, 0.3) is 16.9 Å². The Morgan fingerprint density at radius 2 is 1.78 bits per heavy atom. The highest BCUT2D eigenvalue weighted by atomic mass is 35.5. The lowest BCUT2D eigenvalue weighted by Crippen LogP contribution is -2.22. The fraction of sp³-hybridized carbons (Fsp3) is 0.190. The van der Waals surface area contributed by atoms with E-state index in [-0.39, 0.29) is 16.8 Å². The minimum Gasteiger partial charge on any atom is -0.406 e. The first-order valence-corrected chi connectivity index (χ1v) is 10.7. The van der Waals surface area contributed by atoms with E-state index in [1.54, 1.807) is 48.0 Å². The van der Waals surface area contributed by atoms with Crippen molar-refractivity contribution in [3.05, 3.63) is 75.8 Å². The number of alkyl halides is 3. The molecule has 0 radical (unpaired) electrons. The average Bonchev–Trinajstić information content (AvgIpc) is 3.10. The molecule has 0 atom stereocenters. The van der Waals surface area contributed by atoms with Gasteiger partial charge in [0.2, 0.25) is 0 Å². The third-order valence-electron chi connectivity index (χ3n) is 4.57. The van der Waals surface area contributed by atoms with Gasteiger partial charge in [0.25, 0.3) is 5.56 Å². The maximum absolute atomic E-state index is 13.1. The first kappa shape index (κ1) is 22.2. The summed E-state index contributed by atoms with van der Waals surface area (Å²) in [6.45, 7) is 0. The minimum absolute atomic E-state index is 0.257. The number of hydrogen-bond acceptors (Lipinski definition) is 5. The maximum atomic E-state index is 13.1. The van der Waals surface area contributed by atoms with E-state index < -0.39 is 6.36 Å². The van der Waals surface area contributed by atoms with E-state index in [1.807, 2.05) is 0 Å². The van der Waals surface area contributed by atoms with E-state index in [4.69, 9.17) is 11.6 Å². The Balaban J connectivity index is 1.58. The lowest BCUT2D eigenvalue weighted by molar-refractivity contribution is -0.274. The second kappa shape index (κ2) is 8.87. The van der Waals surface area contributed by atoms with Crippen LogP contribution in [0.1, 0.15) is 5.56 Å². The Kier molecular flexibility index (Phi) is 6.16. The van der Waals surface area contributed by atoms with E-state index in [0.29, 0.717) is 33.7 Å². The van der Waals surface area contributed by atoms with E-state index in [9.17, 15) is 18.0 Å². The van der Waals surface area contributed by atoms with Gasteiger partial charge in [-0.25, -0.2) is 9.97 Å². The van der Waals surface area contributed by atoms with E-state index in [2.05, 4.69) is 14.7 Å². The normalized spacial score (nSPS) is 11.8. The first-order chi connectivity index (χ1) is 15.2. The smallest absolute Gasteiger partial charge is 0.406 e. The molecule has 0 amide bonds. The molecule has 0 bridgehead atoms. The SMILES string of the molecule is Cn1cnc2c(=O)n(-c3ccc(Cl)cc3)c(SCCc3ccc(OC(F)(F)F)cc3)nc21. The number of aryl methyl sites for hydroxylation is 2. The quantitative estimate of drug-likeness (QED) is 0.287. The molecule has 0 saturated heterocycles. The van der Waals surface area contributed by atoms with Crippen LogP contribution in [0.2, 0.25) is 5.02 Å². The van der Waals surface area contributed by atoms with Crippen LogP contribution in [-0.2, 0) is 13.5 Å². The van der Waals surface area contributed by atoms with Crippen LogP contribution < -0.4 is 10.3 Å². The monoisotopic (exact) mass is 480 g/mol. The lowest BCUT2D eigenvalue weighted by atomic mass is 10.2. The highest BCUT2D eigenvalue weighted by Crippen LogP contribution is 2.25. The molecule has 11 heteroatoms. The number of imidazole rings is 1. The Labute approximate surface area is 189 Å². The average molecular weight is 481 g/mol. The van der Waals surface area contributed by atoms with Crippen LogP contribution in [0.4, 0.5) is 13.2 Å². The highest BCUT2D eigenvalue weighted by Gasteiger charge is 2.30. The Hall–Kier alpha value is -2.98. The van der Waals surface area contributed by atoms with Gasteiger partial charge in [-0.3, -0.25) is 9.36 Å². The molecule has 2 aromatic heterocycles. The van der Waals surface area contributed by atoms with E-state index in [0.717, 1.165) is 5.56 Å². The molecule has 4 rings (SSSR count). The first-order valence-electron chi connectivity index (χ1n) is 9.39. The van der Waals surface area contributed by atoms with Crippen molar-refractivity contribution in [1.82, 2.24) is 19.1 Å². The van der Waals surface area contributed by atoms with Crippen LogP contribution >= 0.6 is 23.4 Å². The molecule has 0 fully saturated rings. The van der Waals surface area contributed by atoms with Gasteiger partial charge in [-0.05, 0) is 48.4 Å². The van der Waals surface area contributed by atoms with Gasteiger partial charge in [0, 0.05) is 17.8 Å². The zero-order valence-electron chi connectivity index (χ0n) is 16.6. The summed E-state index contributed by atoms with van der Waals surface area (Å²) in [5.74, 6) is 0.275. The molecule has 0 saturated carbocycles. The summed E-state index contributed by atoms with van der Waals surface area (Å²) >= 11 is 7.34. The maximum Gasteiger partial charge on any atom is 0.573 e. The van der Waals surface area contributed by atoms with Gasteiger partial charge in [0.1, 0.15) is 5.75 Å². The molecule has 4 aromatic rings. The van der Waals surface area contributed by atoms with E-state index in [1.165, 1.54) is 34.8 Å². The van der Waals surface area contributed by atoms with Crippen LogP contribution in [-0.4, -0.2) is 31.2 Å². The van der Waals surface area contributed by atoms with Crippen molar-refractivity contribution in [2.45, 2.75) is 17.9 Å². The van der Waals surface area contributed by atoms with Crippen LogP contribution in [0.3, 0.4) is 0 Å². The minimum atomic E-state index is -4.72. The van der Waals surface area contributed by atoms with Gasteiger partial charge in [-0.15, -0.1) is 13.2 Å². The van der Waals surface area contributed by atoms with Crippen molar-refractivity contribution in [1.29, 1.82) is 0 Å². The number of fused-ring (bicyclic) bond motifs is 1. The highest BCUT2D eigenvalue weighted by molar-refractivity contribution is 7.99. The molecule has 166 valence electrons. The number of benzene rings is 2. The summed E-state index contributed by atoms with van der Waals surface area (Å²) in [7, 11) is 1.76. The second-order valence-corrected chi connectivity index (χ2v) is 8.33. The molecule has 6 nitrogen and oxygen atoms in total. The van der Waals surface area contributed by atoms with Crippen LogP contribution in [0, 0.1) is 0 Å². The number of nitrogens with zero attached hydrogens (tertiary/aromatic N) is 4. The van der Waals surface area contributed by atoms with E-state index >= 15 is 0 Å². The molecule has 0 aliphatic rings. The summed E-state index contributed by atoms with van der Waals surface area (Å²) in [5, 5.41) is 1.02. The van der Waals surface area contributed by atoms with Gasteiger partial charge in [-0.2, -0.15) is 0 Å². The van der Waals surface area contributed by atoms with Gasteiger partial charge in [0.15, 0.2) is 16.3 Å². The molecular formula is C21H16ClF3N4O2S. The predicted octanol–water partition coefficient (Wildman–Crippen LogP) is 5.01. The summed E-state index contributed by atoms with van der Waals surface area (Å²) < 4.78 is 44.0. The van der Waals surface area contributed by atoms with Gasteiger partial charge in [-0.1, -0.05) is 35.5 Å². The topological polar surface area (TPSA) is 61.9 Å². The molecule has 2 heterocycles. The van der Waals surface area contributed by atoms with Crippen molar-refractivity contribution in [3.63, 3.8) is 0 Å². The third kappa shape index (κ3) is 4.91. The standard InChI is InChI=1S/C21H16ClF3N4O2S/c1-28-12-26-17-18(28)27-20(29(19(17)30)15-6-4-14(22)5-7-15)32-11-10-13-2-8-16(9-3-13)31-21(23,24)25/h2-9,12H,10-11H2,1H3.